The van der Waals surface area contributed by atoms with E-state index in [1.807, 2.05) is 18.2 Å². The average Bonchev–Trinajstić information content (AvgIpc) is 2.48. The highest BCUT2D eigenvalue weighted by molar-refractivity contribution is 5.76. The standard InChI is InChI=1S/C15H21FN2O2/c1-20-14-10-12(2-3-13(14)17)11-5-8-18(9-6-11)15(19)4-7-16/h2-3,10-11H,4-9,17H2,1H3. The molecule has 1 aromatic rings. The first kappa shape index (κ1) is 14.6. The lowest BCUT2D eigenvalue weighted by atomic mass is 9.89. The van der Waals surface area contributed by atoms with Gasteiger partial charge < -0.3 is 15.4 Å². The lowest BCUT2D eigenvalue weighted by Crippen LogP contribution is -2.38. The number of hydrogen-bond acceptors (Lipinski definition) is 3. The molecule has 1 aromatic carbocycles. The Morgan fingerprint density at radius 1 is 1.45 bits per heavy atom. The Kier molecular flexibility index (Phi) is 4.82. The van der Waals surface area contributed by atoms with Crippen LogP contribution in [0.1, 0.15) is 30.7 Å². The molecule has 20 heavy (non-hydrogen) atoms. The molecule has 1 heterocycles. The van der Waals surface area contributed by atoms with Crippen LogP contribution in [0.2, 0.25) is 0 Å². The van der Waals surface area contributed by atoms with Crippen molar-refractivity contribution in [1.29, 1.82) is 0 Å². The van der Waals surface area contributed by atoms with Crippen molar-refractivity contribution < 1.29 is 13.9 Å². The van der Waals surface area contributed by atoms with Gasteiger partial charge in [-0.25, -0.2) is 0 Å². The third kappa shape index (κ3) is 3.21. The summed E-state index contributed by atoms with van der Waals surface area (Å²) in [6.45, 7) is 0.806. The number of likely N-dealkylation sites (tertiary alicyclic amines) is 1. The summed E-state index contributed by atoms with van der Waals surface area (Å²) in [4.78, 5) is 13.4. The average molecular weight is 280 g/mol. The maximum absolute atomic E-state index is 12.2. The fourth-order valence-electron chi connectivity index (χ4n) is 2.68. The molecule has 1 aliphatic rings. The predicted octanol–water partition coefficient (Wildman–Crippen LogP) is 2.34. The smallest absolute Gasteiger partial charge is 0.225 e. The van der Waals surface area contributed by atoms with Crippen LogP contribution in [0.4, 0.5) is 10.1 Å². The molecule has 0 aromatic heterocycles. The van der Waals surface area contributed by atoms with Gasteiger partial charge in [0.25, 0.3) is 0 Å². The Morgan fingerprint density at radius 2 is 2.15 bits per heavy atom. The molecule has 1 fully saturated rings. The van der Waals surface area contributed by atoms with E-state index in [1.54, 1.807) is 12.0 Å². The number of nitrogens with two attached hydrogens (primary N) is 1. The number of hydrogen-bond donors (Lipinski definition) is 1. The molecule has 0 saturated carbocycles. The van der Waals surface area contributed by atoms with E-state index < -0.39 is 6.67 Å². The summed E-state index contributed by atoms with van der Waals surface area (Å²) in [5.74, 6) is 1.01. The van der Waals surface area contributed by atoms with Crippen molar-refractivity contribution in [3.8, 4) is 5.75 Å². The van der Waals surface area contributed by atoms with Crippen LogP contribution in [-0.4, -0.2) is 37.7 Å². The fourth-order valence-corrected chi connectivity index (χ4v) is 2.68. The third-order valence-corrected chi connectivity index (χ3v) is 3.88. The first-order valence-electron chi connectivity index (χ1n) is 6.93. The molecule has 1 saturated heterocycles. The van der Waals surface area contributed by atoms with Gasteiger partial charge in [-0.1, -0.05) is 6.07 Å². The number of methoxy groups -OCH3 is 1. The highest BCUT2D eigenvalue weighted by atomic mass is 19.1. The molecule has 0 spiro atoms. The van der Waals surface area contributed by atoms with E-state index in [4.69, 9.17) is 10.5 Å². The monoisotopic (exact) mass is 280 g/mol. The summed E-state index contributed by atoms with van der Waals surface area (Å²) in [5.41, 5.74) is 7.63. The number of piperidine rings is 1. The zero-order chi connectivity index (χ0) is 14.5. The van der Waals surface area contributed by atoms with Crippen LogP contribution < -0.4 is 10.5 Å². The number of amides is 1. The molecule has 0 atom stereocenters. The van der Waals surface area contributed by atoms with Crippen molar-refractivity contribution in [3.05, 3.63) is 23.8 Å². The van der Waals surface area contributed by atoms with Gasteiger partial charge in [-0.05, 0) is 36.5 Å². The Balaban J connectivity index is 1.98. The quantitative estimate of drug-likeness (QED) is 0.861. The number of benzene rings is 1. The van der Waals surface area contributed by atoms with Gasteiger partial charge in [0.15, 0.2) is 0 Å². The van der Waals surface area contributed by atoms with Crippen molar-refractivity contribution in [1.82, 2.24) is 4.90 Å². The van der Waals surface area contributed by atoms with Crippen molar-refractivity contribution in [2.75, 3.05) is 32.6 Å². The van der Waals surface area contributed by atoms with Crippen LogP contribution in [0, 0.1) is 0 Å². The second kappa shape index (κ2) is 6.59. The minimum atomic E-state index is -0.575. The van der Waals surface area contributed by atoms with E-state index in [0.717, 1.165) is 12.8 Å². The Morgan fingerprint density at radius 3 is 2.75 bits per heavy atom. The second-order valence-electron chi connectivity index (χ2n) is 5.10. The summed E-state index contributed by atoms with van der Waals surface area (Å²) in [5, 5.41) is 0. The molecule has 1 amide bonds. The van der Waals surface area contributed by atoms with E-state index >= 15 is 0 Å². The summed E-state index contributed by atoms with van der Waals surface area (Å²) < 4.78 is 17.4. The number of nitrogens with zero attached hydrogens (tertiary/aromatic N) is 1. The molecule has 5 heteroatoms. The number of carbonyl (C=O) groups excluding carboxylic acids is 1. The molecular weight excluding hydrogens is 259 g/mol. The Bertz CT molecular complexity index is 471. The van der Waals surface area contributed by atoms with Crippen molar-refractivity contribution >= 4 is 11.6 Å². The van der Waals surface area contributed by atoms with Gasteiger partial charge in [0, 0.05) is 13.1 Å². The van der Waals surface area contributed by atoms with Crippen LogP contribution in [0.25, 0.3) is 0 Å². The zero-order valence-corrected chi connectivity index (χ0v) is 11.8. The van der Waals surface area contributed by atoms with E-state index in [1.165, 1.54) is 5.56 Å². The summed E-state index contributed by atoms with van der Waals surface area (Å²) in [6, 6.07) is 5.84. The van der Waals surface area contributed by atoms with E-state index in [2.05, 4.69) is 0 Å². The van der Waals surface area contributed by atoms with Gasteiger partial charge in [-0.15, -0.1) is 0 Å². The van der Waals surface area contributed by atoms with Crippen molar-refractivity contribution in [2.45, 2.75) is 25.2 Å². The normalized spacial score (nSPS) is 16.2. The van der Waals surface area contributed by atoms with Gasteiger partial charge in [0.1, 0.15) is 5.75 Å². The topological polar surface area (TPSA) is 55.6 Å². The minimum absolute atomic E-state index is 0.000357. The SMILES string of the molecule is COc1cc(C2CCN(C(=O)CCF)CC2)ccc1N. The van der Waals surface area contributed by atoms with E-state index in [0.29, 0.717) is 30.4 Å². The van der Waals surface area contributed by atoms with Crippen LogP contribution >= 0.6 is 0 Å². The summed E-state index contributed by atoms with van der Waals surface area (Å²) in [6.07, 6.45) is 1.79. The molecule has 0 unspecified atom stereocenters. The van der Waals surface area contributed by atoms with Gasteiger partial charge in [-0.3, -0.25) is 9.18 Å². The number of halogens is 1. The predicted molar refractivity (Wildman–Crippen MR) is 76.6 cm³/mol. The highest BCUT2D eigenvalue weighted by Crippen LogP contribution is 2.32. The molecule has 2 rings (SSSR count). The van der Waals surface area contributed by atoms with Gasteiger partial charge >= 0.3 is 0 Å². The van der Waals surface area contributed by atoms with Crippen LogP contribution in [0.5, 0.6) is 5.75 Å². The number of anilines is 1. The number of ether oxygens (including phenoxy) is 1. The van der Waals surface area contributed by atoms with Gasteiger partial charge in [0.05, 0.1) is 25.9 Å². The molecule has 2 N–H and O–H groups in total. The first-order valence-corrected chi connectivity index (χ1v) is 6.93. The minimum Gasteiger partial charge on any atom is -0.495 e. The molecule has 0 radical (unpaired) electrons. The van der Waals surface area contributed by atoms with E-state index in [9.17, 15) is 9.18 Å². The van der Waals surface area contributed by atoms with Crippen molar-refractivity contribution in [3.63, 3.8) is 0 Å². The molecule has 0 bridgehead atoms. The van der Waals surface area contributed by atoms with Crippen molar-refractivity contribution in [2.24, 2.45) is 0 Å². The lowest BCUT2D eigenvalue weighted by molar-refractivity contribution is -0.132. The number of alkyl halides is 1. The largest absolute Gasteiger partial charge is 0.495 e. The first-order chi connectivity index (χ1) is 9.65. The highest BCUT2D eigenvalue weighted by Gasteiger charge is 2.23. The number of rotatable bonds is 4. The molecular formula is C15H21FN2O2. The maximum Gasteiger partial charge on any atom is 0.225 e. The van der Waals surface area contributed by atoms with E-state index in [-0.39, 0.29) is 12.3 Å². The maximum atomic E-state index is 12.2. The zero-order valence-electron chi connectivity index (χ0n) is 11.8. The molecule has 110 valence electrons. The third-order valence-electron chi connectivity index (χ3n) is 3.88. The Labute approximate surface area is 118 Å². The summed E-state index contributed by atoms with van der Waals surface area (Å²) in [7, 11) is 1.60. The lowest BCUT2D eigenvalue weighted by Gasteiger charge is -2.32. The summed E-state index contributed by atoms with van der Waals surface area (Å²) >= 11 is 0. The molecule has 1 aliphatic heterocycles. The van der Waals surface area contributed by atoms with Gasteiger partial charge in [0.2, 0.25) is 5.91 Å². The molecule has 0 aliphatic carbocycles. The Hall–Kier alpha value is -1.78. The van der Waals surface area contributed by atoms with Gasteiger partial charge in [-0.2, -0.15) is 0 Å². The number of nitrogen functional groups attached to an aromatic ring is 1. The second-order valence-corrected chi connectivity index (χ2v) is 5.10. The van der Waals surface area contributed by atoms with Crippen LogP contribution in [0.15, 0.2) is 18.2 Å². The van der Waals surface area contributed by atoms with Crippen LogP contribution in [-0.2, 0) is 4.79 Å². The number of carbonyl (C=O) groups is 1. The fraction of sp³-hybridized carbons (Fsp3) is 0.533. The molecule has 4 nitrogen and oxygen atoms in total. The van der Waals surface area contributed by atoms with Crippen LogP contribution in [0.3, 0.4) is 0 Å².